The number of carboxylic acids is 1. The highest BCUT2D eigenvalue weighted by Crippen LogP contribution is 2.39. The van der Waals surface area contributed by atoms with Crippen molar-refractivity contribution in [3.63, 3.8) is 0 Å². The van der Waals surface area contributed by atoms with Crippen molar-refractivity contribution < 1.29 is 18.3 Å². The van der Waals surface area contributed by atoms with Crippen molar-refractivity contribution in [2.24, 2.45) is 0 Å². The molecule has 0 aliphatic heterocycles. The van der Waals surface area contributed by atoms with Crippen LogP contribution in [0.3, 0.4) is 0 Å². The van der Waals surface area contributed by atoms with Gasteiger partial charge in [0.25, 0.3) is 10.0 Å². The molecule has 1 heterocycles. The predicted octanol–water partition coefficient (Wildman–Crippen LogP) is 5.21. The third kappa shape index (κ3) is 3.65. The van der Waals surface area contributed by atoms with E-state index in [1.165, 1.54) is 13.1 Å². The Morgan fingerprint density at radius 1 is 1.07 bits per heavy atom. The number of thiophene rings is 1. The maximum atomic E-state index is 13.2. The Kier molecular flexibility index (Phi) is 5.52. The third-order valence-electron chi connectivity index (χ3n) is 4.40. The normalized spacial score (nSPS) is 11.4. The fraction of sp³-hybridized carbons (Fsp3) is 0.150. The molecule has 3 aromatic rings. The Hall–Kier alpha value is -2.35. The first-order valence-electron chi connectivity index (χ1n) is 8.31. The van der Waals surface area contributed by atoms with Crippen molar-refractivity contribution in [3.8, 4) is 10.4 Å². The summed E-state index contributed by atoms with van der Waals surface area (Å²) >= 11 is 7.13. The topological polar surface area (TPSA) is 74.7 Å². The number of nitrogens with zero attached hydrogens (tertiary/aromatic N) is 1. The Morgan fingerprint density at radius 3 is 2.32 bits per heavy atom. The second kappa shape index (κ2) is 7.58. The number of hydrogen-bond acceptors (Lipinski definition) is 4. The molecule has 0 spiro atoms. The lowest BCUT2D eigenvalue weighted by Gasteiger charge is -2.21. The van der Waals surface area contributed by atoms with Crippen LogP contribution in [0.5, 0.6) is 0 Å². The SMILES string of the molecule is Cc1cc(S(=O)(=O)N(C)c2cc(-c3ccccc3)sc2C(=O)O)c(C)cc1Cl. The summed E-state index contributed by atoms with van der Waals surface area (Å²) < 4.78 is 27.5. The van der Waals surface area contributed by atoms with Crippen LogP contribution in [-0.4, -0.2) is 26.5 Å². The summed E-state index contributed by atoms with van der Waals surface area (Å²) in [6.45, 7) is 3.38. The Morgan fingerprint density at radius 2 is 1.71 bits per heavy atom. The summed E-state index contributed by atoms with van der Waals surface area (Å²) in [4.78, 5) is 12.5. The smallest absolute Gasteiger partial charge is 0.348 e. The van der Waals surface area contributed by atoms with E-state index in [1.807, 2.05) is 30.3 Å². The van der Waals surface area contributed by atoms with Gasteiger partial charge >= 0.3 is 5.97 Å². The number of rotatable bonds is 5. The molecule has 8 heteroatoms. The van der Waals surface area contributed by atoms with E-state index in [1.54, 1.807) is 26.0 Å². The molecule has 0 fully saturated rings. The van der Waals surface area contributed by atoms with Crippen molar-refractivity contribution in [3.05, 3.63) is 69.6 Å². The van der Waals surface area contributed by atoms with Gasteiger partial charge in [0.15, 0.2) is 0 Å². The van der Waals surface area contributed by atoms with Gasteiger partial charge in [-0.1, -0.05) is 41.9 Å². The molecule has 1 N–H and O–H groups in total. The molecule has 146 valence electrons. The Balaban J connectivity index is 2.14. The zero-order valence-electron chi connectivity index (χ0n) is 15.4. The lowest BCUT2D eigenvalue weighted by molar-refractivity contribution is 0.0703. The fourth-order valence-corrected chi connectivity index (χ4v) is 5.62. The minimum atomic E-state index is -3.97. The van der Waals surface area contributed by atoms with Crippen molar-refractivity contribution in [2.45, 2.75) is 18.7 Å². The molecule has 0 aliphatic carbocycles. The van der Waals surface area contributed by atoms with Gasteiger partial charge in [-0.05, 0) is 48.7 Å². The van der Waals surface area contributed by atoms with Crippen LogP contribution in [0.15, 0.2) is 53.4 Å². The van der Waals surface area contributed by atoms with E-state index in [0.717, 1.165) is 21.2 Å². The fourth-order valence-electron chi connectivity index (χ4n) is 2.82. The van der Waals surface area contributed by atoms with E-state index in [0.29, 0.717) is 21.0 Å². The summed E-state index contributed by atoms with van der Waals surface area (Å²) in [6.07, 6.45) is 0. The van der Waals surface area contributed by atoms with Crippen molar-refractivity contribution >= 4 is 44.6 Å². The molecular weight excluding hydrogens is 418 g/mol. The second-order valence-electron chi connectivity index (χ2n) is 6.34. The molecule has 0 aliphatic rings. The molecule has 28 heavy (non-hydrogen) atoms. The standard InChI is InChI=1S/C20H18ClNO4S2/c1-12-10-18(13(2)9-15(12)21)28(25,26)22(3)16-11-17(27-19(16)20(23)24)14-7-5-4-6-8-14/h4-11H,1-3H3,(H,23,24). The van der Waals surface area contributed by atoms with Gasteiger partial charge < -0.3 is 5.11 Å². The highest BCUT2D eigenvalue weighted by molar-refractivity contribution is 7.92. The van der Waals surface area contributed by atoms with Gasteiger partial charge in [-0.25, -0.2) is 13.2 Å². The molecule has 0 saturated heterocycles. The van der Waals surface area contributed by atoms with E-state index < -0.39 is 16.0 Å². The minimum Gasteiger partial charge on any atom is -0.477 e. The number of anilines is 1. The highest BCUT2D eigenvalue weighted by Gasteiger charge is 2.29. The van der Waals surface area contributed by atoms with Gasteiger partial charge in [-0.3, -0.25) is 4.31 Å². The summed E-state index contributed by atoms with van der Waals surface area (Å²) in [5.74, 6) is -1.17. The quantitative estimate of drug-likeness (QED) is 0.597. The first-order valence-corrected chi connectivity index (χ1v) is 10.9. The molecule has 0 atom stereocenters. The number of sulfonamides is 1. The second-order valence-corrected chi connectivity index (χ2v) is 9.73. The number of benzene rings is 2. The monoisotopic (exact) mass is 435 g/mol. The summed E-state index contributed by atoms with van der Waals surface area (Å²) in [7, 11) is -2.61. The van der Waals surface area contributed by atoms with E-state index in [-0.39, 0.29) is 15.5 Å². The van der Waals surface area contributed by atoms with E-state index >= 15 is 0 Å². The average Bonchev–Trinajstić information content (AvgIpc) is 3.10. The first kappa shape index (κ1) is 20.4. The number of halogens is 1. The summed E-state index contributed by atoms with van der Waals surface area (Å²) in [6, 6.07) is 13.9. The first-order chi connectivity index (χ1) is 13.1. The molecule has 0 bridgehead atoms. The van der Waals surface area contributed by atoms with Crippen LogP contribution in [0.4, 0.5) is 5.69 Å². The predicted molar refractivity (Wildman–Crippen MR) is 113 cm³/mol. The zero-order chi connectivity index (χ0) is 20.6. The van der Waals surface area contributed by atoms with Crippen molar-refractivity contribution in [1.82, 2.24) is 0 Å². The lowest BCUT2D eigenvalue weighted by atomic mass is 10.2. The van der Waals surface area contributed by atoms with Gasteiger partial charge in [-0.15, -0.1) is 11.3 Å². The van der Waals surface area contributed by atoms with Gasteiger partial charge in [0, 0.05) is 16.9 Å². The number of carbonyl (C=O) groups is 1. The van der Waals surface area contributed by atoms with Crippen LogP contribution in [0.1, 0.15) is 20.8 Å². The number of aryl methyl sites for hydroxylation is 2. The molecule has 0 radical (unpaired) electrons. The van der Waals surface area contributed by atoms with Crippen LogP contribution < -0.4 is 4.31 Å². The molecule has 0 saturated carbocycles. The number of aromatic carboxylic acids is 1. The van der Waals surface area contributed by atoms with E-state index in [9.17, 15) is 18.3 Å². The van der Waals surface area contributed by atoms with E-state index in [4.69, 9.17) is 11.6 Å². The minimum absolute atomic E-state index is 0.0340. The maximum Gasteiger partial charge on any atom is 0.348 e. The third-order valence-corrected chi connectivity index (χ3v) is 7.88. The number of carboxylic acid groups (broad SMARTS) is 1. The van der Waals surface area contributed by atoms with Crippen LogP contribution in [0.25, 0.3) is 10.4 Å². The van der Waals surface area contributed by atoms with Crippen LogP contribution in [0, 0.1) is 13.8 Å². The highest BCUT2D eigenvalue weighted by atomic mass is 35.5. The van der Waals surface area contributed by atoms with Crippen LogP contribution in [-0.2, 0) is 10.0 Å². The summed E-state index contributed by atoms with van der Waals surface area (Å²) in [5.41, 5.74) is 2.08. The van der Waals surface area contributed by atoms with Crippen LogP contribution >= 0.6 is 22.9 Å². The van der Waals surface area contributed by atoms with Crippen molar-refractivity contribution in [2.75, 3.05) is 11.4 Å². The molecule has 0 unspecified atom stereocenters. The lowest BCUT2D eigenvalue weighted by Crippen LogP contribution is -2.28. The molecular formula is C20H18ClNO4S2. The largest absolute Gasteiger partial charge is 0.477 e. The zero-order valence-corrected chi connectivity index (χ0v) is 17.8. The molecule has 3 rings (SSSR count). The van der Waals surface area contributed by atoms with Crippen molar-refractivity contribution in [1.29, 1.82) is 0 Å². The van der Waals surface area contributed by atoms with Gasteiger partial charge in [0.1, 0.15) is 4.88 Å². The van der Waals surface area contributed by atoms with E-state index in [2.05, 4.69) is 0 Å². The molecule has 5 nitrogen and oxygen atoms in total. The van der Waals surface area contributed by atoms with Gasteiger partial charge in [0.2, 0.25) is 0 Å². The van der Waals surface area contributed by atoms with Gasteiger partial charge in [-0.2, -0.15) is 0 Å². The maximum absolute atomic E-state index is 13.2. The number of hydrogen-bond donors (Lipinski definition) is 1. The average molecular weight is 436 g/mol. The Bertz CT molecular complexity index is 1150. The molecule has 1 aromatic heterocycles. The molecule has 2 aromatic carbocycles. The van der Waals surface area contributed by atoms with Crippen LogP contribution in [0.2, 0.25) is 5.02 Å². The summed E-state index contributed by atoms with van der Waals surface area (Å²) in [5, 5.41) is 10.1. The Labute approximate surface area is 172 Å². The molecule has 0 amide bonds. The van der Waals surface area contributed by atoms with Gasteiger partial charge in [0.05, 0.1) is 10.6 Å².